The van der Waals surface area contributed by atoms with Crippen LogP contribution in [0.2, 0.25) is 10.0 Å². The fraction of sp³-hybridized carbons (Fsp3) is 0.467. The highest BCUT2D eigenvalue weighted by Crippen LogP contribution is 2.33. The van der Waals surface area contributed by atoms with Crippen LogP contribution < -0.4 is 15.5 Å². The van der Waals surface area contributed by atoms with Crippen LogP contribution >= 0.6 is 35.6 Å². The highest BCUT2D eigenvalue weighted by Gasteiger charge is 2.38. The summed E-state index contributed by atoms with van der Waals surface area (Å²) in [5.74, 6) is -1.10. The van der Waals surface area contributed by atoms with E-state index in [4.69, 9.17) is 23.2 Å². The molecular weight excluding hydrogens is 361 g/mol. The monoisotopic (exact) mass is 379 g/mol. The smallest absolute Gasteiger partial charge is 0.239 e. The van der Waals surface area contributed by atoms with Gasteiger partial charge in [-0.25, -0.2) is 0 Å². The summed E-state index contributed by atoms with van der Waals surface area (Å²) in [5.41, 5.74) is 0.560. The minimum absolute atomic E-state index is 0. The van der Waals surface area contributed by atoms with E-state index in [1.165, 1.54) is 4.90 Å². The zero-order valence-electron chi connectivity index (χ0n) is 12.8. The molecule has 1 aliphatic rings. The second kappa shape index (κ2) is 9.33. The number of carbonyl (C=O) groups is 2. The van der Waals surface area contributed by atoms with Gasteiger partial charge in [-0.1, -0.05) is 23.2 Å². The van der Waals surface area contributed by atoms with Gasteiger partial charge < -0.3 is 15.5 Å². The van der Waals surface area contributed by atoms with E-state index in [1.807, 2.05) is 7.05 Å². The lowest BCUT2D eigenvalue weighted by Crippen LogP contribution is -2.37. The third-order valence-electron chi connectivity index (χ3n) is 3.62. The number of nitrogens with zero attached hydrogens (tertiary/aromatic N) is 1. The fourth-order valence-corrected chi connectivity index (χ4v) is 2.84. The van der Waals surface area contributed by atoms with Crippen molar-refractivity contribution in [3.05, 3.63) is 28.2 Å². The molecule has 1 aromatic carbocycles. The molecule has 1 fully saturated rings. The number of hydrogen-bond acceptors (Lipinski definition) is 3. The highest BCUT2D eigenvalue weighted by atomic mass is 35.5. The number of amides is 2. The average molecular weight is 381 g/mol. The fourth-order valence-electron chi connectivity index (χ4n) is 2.46. The quantitative estimate of drug-likeness (QED) is 0.589. The first-order valence-corrected chi connectivity index (χ1v) is 7.99. The maximum atomic E-state index is 12.5. The topological polar surface area (TPSA) is 61.4 Å². The predicted molar refractivity (Wildman–Crippen MR) is 95.7 cm³/mol. The van der Waals surface area contributed by atoms with Crippen molar-refractivity contribution in [1.29, 1.82) is 0 Å². The molecule has 5 nitrogen and oxygen atoms in total. The molecule has 0 bridgehead atoms. The van der Waals surface area contributed by atoms with Gasteiger partial charge in [0.1, 0.15) is 5.92 Å². The Balaban J connectivity index is 0.00000264. The third-order valence-corrected chi connectivity index (χ3v) is 4.18. The summed E-state index contributed by atoms with van der Waals surface area (Å²) in [6.45, 7) is 1.85. The Kier molecular flexibility index (Phi) is 8.12. The van der Waals surface area contributed by atoms with Gasteiger partial charge in [0.15, 0.2) is 0 Å². The van der Waals surface area contributed by atoms with Crippen LogP contribution in [0.25, 0.3) is 0 Å². The van der Waals surface area contributed by atoms with Crippen molar-refractivity contribution in [3.8, 4) is 0 Å². The van der Waals surface area contributed by atoms with Gasteiger partial charge in [-0.2, -0.15) is 0 Å². The number of anilines is 1. The summed E-state index contributed by atoms with van der Waals surface area (Å²) in [7, 11) is 1.86. The number of hydrogen-bond donors (Lipinski definition) is 2. The number of nitrogens with one attached hydrogen (secondary N) is 2. The lowest BCUT2D eigenvalue weighted by Gasteiger charge is -2.18. The summed E-state index contributed by atoms with van der Waals surface area (Å²) in [6.07, 6.45) is 1.31. The van der Waals surface area contributed by atoms with Crippen LogP contribution in [-0.2, 0) is 9.59 Å². The van der Waals surface area contributed by atoms with Crippen molar-refractivity contribution in [2.45, 2.75) is 12.8 Å². The Morgan fingerprint density at radius 2 is 2.09 bits per heavy atom. The van der Waals surface area contributed by atoms with Gasteiger partial charge in [0.2, 0.25) is 11.8 Å². The van der Waals surface area contributed by atoms with Crippen LogP contribution in [0.15, 0.2) is 18.2 Å². The molecule has 128 valence electrons. The molecule has 8 heteroatoms. The van der Waals surface area contributed by atoms with Crippen molar-refractivity contribution in [3.63, 3.8) is 0 Å². The zero-order chi connectivity index (χ0) is 16.1. The molecule has 2 N–H and O–H groups in total. The average Bonchev–Trinajstić information content (AvgIpc) is 2.87. The molecule has 1 aromatic rings. The van der Waals surface area contributed by atoms with Crippen LogP contribution in [0.3, 0.4) is 0 Å². The standard InChI is InChI=1S/C15H19Cl2N3O2.ClH/c1-18-6-2-7-19-14(21)11-5-8-20(15(11)22)13-9-10(16)3-4-12(13)17;/h3-4,9,11,18H,2,5-8H2,1H3,(H,19,21);1H. The maximum Gasteiger partial charge on any atom is 0.239 e. The number of benzene rings is 1. The van der Waals surface area contributed by atoms with Crippen molar-refractivity contribution in [1.82, 2.24) is 10.6 Å². The van der Waals surface area contributed by atoms with Gasteiger partial charge in [-0.05, 0) is 44.6 Å². The van der Waals surface area contributed by atoms with Crippen LogP contribution in [0.1, 0.15) is 12.8 Å². The minimum Gasteiger partial charge on any atom is -0.355 e. The zero-order valence-corrected chi connectivity index (χ0v) is 15.1. The van der Waals surface area contributed by atoms with Crippen molar-refractivity contribution in [2.75, 3.05) is 31.6 Å². The lowest BCUT2D eigenvalue weighted by atomic mass is 10.1. The molecule has 1 saturated heterocycles. The van der Waals surface area contributed by atoms with Crippen LogP contribution in [0.4, 0.5) is 5.69 Å². The van der Waals surface area contributed by atoms with Crippen LogP contribution in [0.5, 0.6) is 0 Å². The molecule has 2 amide bonds. The number of halogens is 3. The molecule has 0 aliphatic carbocycles. The van der Waals surface area contributed by atoms with E-state index in [0.29, 0.717) is 35.2 Å². The molecule has 23 heavy (non-hydrogen) atoms. The lowest BCUT2D eigenvalue weighted by molar-refractivity contribution is -0.132. The van der Waals surface area contributed by atoms with Gasteiger partial charge in [-0.15, -0.1) is 12.4 Å². The van der Waals surface area contributed by atoms with E-state index in [-0.39, 0.29) is 24.2 Å². The Bertz CT molecular complexity index is 569. The maximum absolute atomic E-state index is 12.5. The van der Waals surface area contributed by atoms with E-state index in [1.54, 1.807) is 18.2 Å². The van der Waals surface area contributed by atoms with E-state index in [9.17, 15) is 9.59 Å². The molecule has 0 saturated carbocycles. The van der Waals surface area contributed by atoms with Gasteiger partial charge >= 0.3 is 0 Å². The summed E-state index contributed by atoms with van der Waals surface area (Å²) in [6, 6.07) is 4.96. The Morgan fingerprint density at radius 3 is 2.78 bits per heavy atom. The SMILES string of the molecule is CNCCCNC(=O)C1CCN(c2cc(Cl)ccc2Cl)C1=O.Cl. The van der Waals surface area contributed by atoms with E-state index < -0.39 is 5.92 Å². The second-order valence-electron chi connectivity index (χ2n) is 5.18. The highest BCUT2D eigenvalue weighted by molar-refractivity contribution is 6.36. The minimum atomic E-state index is -0.648. The van der Waals surface area contributed by atoms with Crippen molar-refractivity contribution >= 4 is 53.1 Å². The summed E-state index contributed by atoms with van der Waals surface area (Å²) < 4.78 is 0. The summed E-state index contributed by atoms with van der Waals surface area (Å²) in [5, 5.41) is 6.77. The predicted octanol–water partition coefficient (Wildman–Crippen LogP) is 2.49. The molecule has 1 unspecified atom stereocenters. The van der Waals surface area contributed by atoms with E-state index in [2.05, 4.69) is 10.6 Å². The van der Waals surface area contributed by atoms with E-state index >= 15 is 0 Å². The van der Waals surface area contributed by atoms with Crippen LogP contribution in [-0.4, -0.2) is 38.5 Å². The molecule has 0 spiro atoms. The molecule has 2 rings (SSSR count). The van der Waals surface area contributed by atoms with E-state index in [0.717, 1.165) is 13.0 Å². The summed E-state index contributed by atoms with van der Waals surface area (Å²) in [4.78, 5) is 26.1. The van der Waals surface area contributed by atoms with Crippen LogP contribution in [0, 0.1) is 5.92 Å². The first-order valence-electron chi connectivity index (χ1n) is 7.23. The normalized spacial score (nSPS) is 17.1. The molecule has 1 heterocycles. The third kappa shape index (κ3) is 4.98. The van der Waals surface area contributed by atoms with Gasteiger partial charge in [0, 0.05) is 18.1 Å². The Hall–Kier alpha value is -1.01. The number of carbonyl (C=O) groups excluding carboxylic acids is 2. The molecular formula is C15H20Cl3N3O2. The molecule has 0 radical (unpaired) electrons. The van der Waals surface area contributed by atoms with Gasteiger partial charge in [0.25, 0.3) is 0 Å². The van der Waals surface area contributed by atoms with Gasteiger partial charge in [0.05, 0.1) is 10.7 Å². The largest absolute Gasteiger partial charge is 0.355 e. The first-order chi connectivity index (χ1) is 10.5. The Morgan fingerprint density at radius 1 is 1.35 bits per heavy atom. The molecule has 1 atom stereocenters. The molecule has 1 aliphatic heterocycles. The number of rotatable bonds is 6. The van der Waals surface area contributed by atoms with Gasteiger partial charge in [-0.3, -0.25) is 9.59 Å². The second-order valence-corrected chi connectivity index (χ2v) is 6.02. The summed E-state index contributed by atoms with van der Waals surface area (Å²) >= 11 is 12.1. The first kappa shape index (κ1) is 20.0. The Labute approximate surface area is 152 Å². The van der Waals surface area contributed by atoms with Crippen molar-refractivity contribution < 1.29 is 9.59 Å². The van der Waals surface area contributed by atoms with Crippen molar-refractivity contribution in [2.24, 2.45) is 5.92 Å². The molecule has 0 aromatic heterocycles.